The molecule has 1 heterocycles. The first kappa shape index (κ1) is 12.0. The zero-order valence-electron chi connectivity index (χ0n) is 10.9. The van der Waals surface area contributed by atoms with Crippen LogP contribution in [0.3, 0.4) is 0 Å². The summed E-state index contributed by atoms with van der Waals surface area (Å²) in [5.41, 5.74) is 2.24. The molecule has 0 saturated carbocycles. The molecule has 1 saturated heterocycles. The van der Waals surface area contributed by atoms with Crippen LogP contribution in [-0.4, -0.2) is 29.9 Å². The van der Waals surface area contributed by atoms with Crippen LogP contribution in [0.15, 0.2) is 18.2 Å². The number of aromatic hydroxyl groups is 1. The summed E-state index contributed by atoms with van der Waals surface area (Å²) in [6, 6.07) is 6.24. The first-order valence-corrected chi connectivity index (χ1v) is 6.92. The second-order valence-corrected chi connectivity index (χ2v) is 5.47. The number of nitrogens with one attached hydrogen (secondary N) is 1. The number of hydrogen-bond donors (Lipinski definition) is 2. The molecule has 0 aromatic heterocycles. The Labute approximate surface area is 108 Å². The van der Waals surface area contributed by atoms with Gasteiger partial charge in [0.15, 0.2) is 0 Å². The molecule has 98 valence electrons. The fraction of sp³-hybridized carbons (Fsp3) is 0.600. The Hall–Kier alpha value is -1.06. The molecule has 0 radical (unpaired) electrons. The van der Waals surface area contributed by atoms with Crippen molar-refractivity contribution < 1.29 is 9.84 Å². The second kappa shape index (κ2) is 4.56. The molecule has 1 aliphatic heterocycles. The van der Waals surface area contributed by atoms with E-state index in [1.807, 2.05) is 6.07 Å². The van der Waals surface area contributed by atoms with Gasteiger partial charge in [0, 0.05) is 24.6 Å². The fourth-order valence-corrected chi connectivity index (χ4v) is 3.50. The van der Waals surface area contributed by atoms with Crippen molar-refractivity contribution >= 4 is 0 Å². The van der Waals surface area contributed by atoms with Gasteiger partial charge in [-0.3, -0.25) is 0 Å². The molecule has 2 atom stereocenters. The Morgan fingerprint density at radius 1 is 1.50 bits per heavy atom. The van der Waals surface area contributed by atoms with Gasteiger partial charge in [0.1, 0.15) is 5.75 Å². The number of morpholine rings is 1. The van der Waals surface area contributed by atoms with Crippen LogP contribution >= 0.6 is 0 Å². The van der Waals surface area contributed by atoms with Crippen molar-refractivity contribution in [3.63, 3.8) is 0 Å². The largest absolute Gasteiger partial charge is 0.508 e. The summed E-state index contributed by atoms with van der Waals surface area (Å²) in [7, 11) is 0. The Kier molecular flexibility index (Phi) is 3.04. The SMILES string of the molecule is CCCC12Cc3c(O)cccc3CC1NCCO2. The lowest BCUT2D eigenvalue weighted by atomic mass is 9.73. The maximum Gasteiger partial charge on any atom is 0.119 e. The van der Waals surface area contributed by atoms with Gasteiger partial charge in [-0.15, -0.1) is 0 Å². The first-order chi connectivity index (χ1) is 8.75. The van der Waals surface area contributed by atoms with Gasteiger partial charge in [0.2, 0.25) is 0 Å². The molecule has 2 aliphatic rings. The number of fused-ring (bicyclic) bond motifs is 2. The highest BCUT2D eigenvalue weighted by atomic mass is 16.5. The molecule has 0 spiro atoms. The van der Waals surface area contributed by atoms with Crippen molar-refractivity contribution in [2.75, 3.05) is 13.2 Å². The van der Waals surface area contributed by atoms with E-state index in [2.05, 4.69) is 18.3 Å². The topological polar surface area (TPSA) is 41.5 Å². The van der Waals surface area contributed by atoms with Crippen LogP contribution in [0.2, 0.25) is 0 Å². The summed E-state index contributed by atoms with van der Waals surface area (Å²) in [6.07, 6.45) is 3.96. The number of phenols is 1. The molecule has 3 heteroatoms. The molecule has 1 aromatic carbocycles. The molecule has 0 amide bonds. The van der Waals surface area contributed by atoms with Crippen LogP contribution in [0.5, 0.6) is 5.75 Å². The van der Waals surface area contributed by atoms with Gasteiger partial charge in [0.25, 0.3) is 0 Å². The van der Waals surface area contributed by atoms with E-state index in [4.69, 9.17) is 4.74 Å². The quantitative estimate of drug-likeness (QED) is 0.840. The maximum absolute atomic E-state index is 10.1. The molecule has 0 bridgehead atoms. The monoisotopic (exact) mass is 247 g/mol. The van der Waals surface area contributed by atoms with Crippen LogP contribution in [0.1, 0.15) is 30.9 Å². The standard InChI is InChI=1S/C15H21NO2/c1-2-6-15-10-12-11(4-3-5-13(12)17)9-14(15)16-7-8-18-15/h3-5,14,16-17H,2,6-10H2,1H3. The number of rotatable bonds is 2. The summed E-state index contributed by atoms with van der Waals surface area (Å²) in [6.45, 7) is 3.91. The third kappa shape index (κ3) is 1.82. The first-order valence-electron chi connectivity index (χ1n) is 6.92. The average molecular weight is 247 g/mol. The van der Waals surface area contributed by atoms with Crippen LogP contribution in [-0.2, 0) is 17.6 Å². The van der Waals surface area contributed by atoms with Gasteiger partial charge >= 0.3 is 0 Å². The zero-order valence-corrected chi connectivity index (χ0v) is 10.9. The molecule has 3 rings (SSSR count). The lowest BCUT2D eigenvalue weighted by Crippen LogP contribution is -2.61. The summed E-state index contributed by atoms with van der Waals surface area (Å²) in [5.74, 6) is 0.426. The van der Waals surface area contributed by atoms with Gasteiger partial charge in [0.05, 0.1) is 12.2 Å². The number of phenolic OH excluding ortho intramolecular Hbond substituents is 1. The van der Waals surface area contributed by atoms with E-state index in [9.17, 15) is 5.11 Å². The maximum atomic E-state index is 10.1. The van der Waals surface area contributed by atoms with Crippen molar-refractivity contribution in [3.05, 3.63) is 29.3 Å². The molecule has 1 aliphatic carbocycles. The molecule has 3 nitrogen and oxygen atoms in total. The minimum Gasteiger partial charge on any atom is -0.508 e. The van der Waals surface area contributed by atoms with Crippen molar-refractivity contribution in [2.24, 2.45) is 0 Å². The van der Waals surface area contributed by atoms with Gasteiger partial charge in [-0.25, -0.2) is 0 Å². The van der Waals surface area contributed by atoms with Gasteiger partial charge < -0.3 is 15.2 Å². The van der Waals surface area contributed by atoms with E-state index in [0.29, 0.717) is 11.8 Å². The molecule has 2 N–H and O–H groups in total. The summed E-state index contributed by atoms with van der Waals surface area (Å²) in [4.78, 5) is 0. The van der Waals surface area contributed by atoms with Crippen LogP contribution in [0.25, 0.3) is 0 Å². The zero-order chi connectivity index (χ0) is 12.6. The second-order valence-electron chi connectivity index (χ2n) is 5.47. The number of hydrogen-bond acceptors (Lipinski definition) is 3. The Bertz CT molecular complexity index is 442. The van der Waals surface area contributed by atoms with Crippen molar-refractivity contribution in [1.29, 1.82) is 0 Å². The van der Waals surface area contributed by atoms with Gasteiger partial charge in [-0.2, -0.15) is 0 Å². The Morgan fingerprint density at radius 3 is 3.22 bits per heavy atom. The molecule has 1 aromatic rings. The number of ether oxygens (including phenoxy) is 1. The highest BCUT2D eigenvalue weighted by Crippen LogP contribution is 2.39. The Morgan fingerprint density at radius 2 is 2.39 bits per heavy atom. The lowest BCUT2D eigenvalue weighted by molar-refractivity contribution is -0.106. The van der Waals surface area contributed by atoms with E-state index in [1.165, 1.54) is 5.56 Å². The van der Waals surface area contributed by atoms with Crippen molar-refractivity contribution in [1.82, 2.24) is 5.32 Å². The lowest BCUT2D eigenvalue weighted by Gasteiger charge is -2.48. The van der Waals surface area contributed by atoms with E-state index < -0.39 is 0 Å². The smallest absolute Gasteiger partial charge is 0.119 e. The average Bonchev–Trinajstić information content (AvgIpc) is 2.38. The van der Waals surface area contributed by atoms with Crippen LogP contribution in [0.4, 0.5) is 0 Å². The van der Waals surface area contributed by atoms with Crippen molar-refractivity contribution in [2.45, 2.75) is 44.2 Å². The molecule has 18 heavy (non-hydrogen) atoms. The van der Waals surface area contributed by atoms with E-state index in [1.54, 1.807) is 6.07 Å². The van der Waals surface area contributed by atoms with Crippen molar-refractivity contribution in [3.8, 4) is 5.75 Å². The minimum atomic E-state index is -0.112. The molecular formula is C15H21NO2. The summed E-state index contributed by atoms with van der Waals surface area (Å²) in [5, 5.41) is 13.7. The van der Waals surface area contributed by atoms with E-state index >= 15 is 0 Å². The van der Waals surface area contributed by atoms with E-state index in [0.717, 1.165) is 44.4 Å². The fourth-order valence-electron chi connectivity index (χ4n) is 3.50. The van der Waals surface area contributed by atoms with Crippen LogP contribution < -0.4 is 5.32 Å². The van der Waals surface area contributed by atoms with Gasteiger partial charge in [-0.05, 0) is 24.5 Å². The predicted octanol–water partition coefficient (Wildman–Crippen LogP) is 2.02. The molecule has 1 fully saturated rings. The molecule has 2 unspecified atom stereocenters. The van der Waals surface area contributed by atoms with Gasteiger partial charge in [-0.1, -0.05) is 25.5 Å². The molecular weight excluding hydrogens is 226 g/mol. The number of benzene rings is 1. The summed E-state index contributed by atoms with van der Waals surface area (Å²) >= 11 is 0. The van der Waals surface area contributed by atoms with Crippen LogP contribution in [0, 0.1) is 0 Å². The highest BCUT2D eigenvalue weighted by Gasteiger charge is 2.45. The summed E-state index contributed by atoms with van der Waals surface area (Å²) < 4.78 is 6.15. The van der Waals surface area contributed by atoms with E-state index in [-0.39, 0.29) is 5.60 Å². The highest BCUT2D eigenvalue weighted by molar-refractivity contribution is 5.43. The predicted molar refractivity (Wildman–Crippen MR) is 70.9 cm³/mol. The third-order valence-electron chi connectivity index (χ3n) is 4.34. The normalized spacial score (nSPS) is 30.6. The minimum absolute atomic E-state index is 0.112. The Balaban J connectivity index is 2.00. The third-order valence-corrected chi connectivity index (χ3v) is 4.34.